The molecule has 3 heterocycles. The van der Waals surface area contributed by atoms with Gasteiger partial charge in [-0.15, -0.1) is 34.3 Å². The van der Waals surface area contributed by atoms with Gasteiger partial charge in [0.1, 0.15) is 0 Å². The summed E-state index contributed by atoms with van der Waals surface area (Å²) in [5.41, 5.74) is 2.40. The van der Waals surface area contributed by atoms with Crippen LogP contribution in [0.15, 0.2) is 59.0 Å². The minimum absolute atomic E-state index is 0.0206. The van der Waals surface area contributed by atoms with Crippen molar-refractivity contribution in [2.45, 2.75) is 11.3 Å². The highest BCUT2D eigenvalue weighted by Gasteiger charge is 2.44. The topological polar surface area (TPSA) is 37.4 Å². The fourth-order valence-corrected chi connectivity index (χ4v) is 7.35. The van der Waals surface area contributed by atoms with Gasteiger partial charge in [-0.25, -0.2) is 0 Å². The fraction of sp³-hybridized carbons (Fsp3) is 0.130. The Bertz CT molecular complexity index is 1450. The number of fused-ring (bicyclic) bond motifs is 7. The smallest absolute Gasteiger partial charge is 0.268 e. The second-order valence-electron chi connectivity index (χ2n) is 7.36. The van der Waals surface area contributed by atoms with E-state index in [-0.39, 0.29) is 17.3 Å². The van der Waals surface area contributed by atoms with E-state index in [0.29, 0.717) is 10.9 Å². The van der Waals surface area contributed by atoms with E-state index in [1.165, 1.54) is 11.3 Å². The quantitative estimate of drug-likeness (QED) is 0.318. The average molecular weight is 436 g/mol. The van der Waals surface area contributed by atoms with E-state index in [4.69, 9.17) is 11.6 Å². The molecule has 0 N–H and O–H groups in total. The molecular weight excluding hydrogens is 422 g/mol. The van der Waals surface area contributed by atoms with Crippen molar-refractivity contribution in [2.24, 2.45) is 0 Å². The molecule has 0 spiro atoms. The molecule has 1 aliphatic heterocycles. The molecule has 29 heavy (non-hydrogen) atoms. The summed E-state index contributed by atoms with van der Waals surface area (Å²) >= 11 is 10.2. The molecule has 0 saturated carbocycles. The van der Waals surface area contributed by atoms with E-state index in [2.05, 4.69) is 6.07 Å². The summed E-state index contributed by atoms with van der Waals surface area (Å²) in [6, 6.07) is 15.7. The SMILES string of the molecule is CN1C(=O)c2sc3ccccc3c2[C@@H]2C1=Cc1c(sc3ccccc3c1=O)[C@@H]2Cl. The Morgan fingerprint density at radius 2 is 1.59 bits per heavy atom. The van der Waals surface area contributed by atoms with Crippen molar-refractivity contribution in [1.29, 1.82) is 0 Å². The number of likely N-dealkylation sites (N-methyl/N-ethyl adjacent to an activating group) is 1. The molecule has 6 heteroatoms. The summed E-state index contributed by atoms with van der Waals surface area (Å²) in [5, 5.41) is 1.37. The predicted molar refractivity (Wildman–Crippen MR) is 121 cm³/mol. The highest BCUT2D eigenvalue weighted by molar-refractivity contribution is 7.21. The van der Waals surface area contributed by atoms with Crippen LogP contribution in [0.4, 0.5) is 0 Å². The van der Waals surface area contributed by atoms with Gasteiger partial charge in [0.15, 0.2) is 5.43 Å². The van der Waals surface area contributed by atoms with Crippen LogP contribution in [0.1, 0.15) is 37.0 Å². The third kappa shape index (κ3) is 2.23. The van der Waals surface area contributed by atoms with Gasteiger partial charge in [-0.3, -0.25) is 9.59 Å². The van der Waals surface area contributed by atoms with Gasteiger partial charge in [0.05, 0.1) is 10.3 Å². The maximum absolute atomic E-state index is 13.2. The number of amides is 1. The second kappa shape index (κ2) is 6.02. The molecule has 0 saturated heterocycles. The zero-order valence-electron chi connectivity index (χ0n) is 15.3. The van der Waals surface area contributed by atoms with Gasteiger partial charge >= 0.3 is 0 Å². The van der Waals surface area contributed by atoms with Crippen LogP contribution in [-0.2, 0) is 0 Å². The number of alkyl halides is 1. The summed E-state index contributed by atoms with van der Waals surface area (Å²) in [4.78, 5) is 29.6. The first-order valence-corrected chi connectivity index (χ1v) is 11.3. The molecule has 2 aromatic carbocycles. The van der Waals surface area contributed by atoms with Gasteiger partial charge in [0, 0.05) is 43.9 Å². The van der Waals surface area contributed by atoms with Crippen LogP contribution in [0.25, 0.3) is 26.2 Å². The van der Waals surface area contributed by atoms with Crippen molar-refractivity contribution >= 4 is 66.4 Å². The summed E-state index contributed by atoms with van der Waals surface area (Å²) in [6.45, 7) is 0. The van der Waals surface area contributed by atoms with Gasteiger partial charge in [-0.2, -0.15) is 0 Å². The summed E-state index contributed by atoms with van der Waals surface area (Å²) in [6.07, 6.45) is 1.89. The van der Waals surface area contributed by atoms with Crippen LogP contribution in [-0.4, -0.2) is 17.9 Å². The molecular formula is C23H14ClNO2S2. The Labute approximate surface area is 179 Å². The zero-order chi connectivity index (χ0) is 19.9. The Morgan fingerprint density at radius 1 is 0.931 bits per heavy atom. The lowest BCUT2D eigenvalue weighted by atomic mass is 9.81. The number of halogens is 1. The van der Waals surface area contributed by atoms with Gasteiger partial charge in [-0.1, -0.05) is 30.3 Å². The van der Waals surface area contributed by atoms with Gasteiger partial charge in [0.2, 0.25) is 0 Å². The molecule has 0 bridgehead atoms. The number of hydrogen-bond donors (Lipinski definition) is 0. The monoisotopic (exact) mass is 435 g/mol. The minimum atomic E-state index is -0.403. The highest BCUT2D eigenvalue weighted by Crippen LogP contribution is 2.55. The summed E-state index contributed by atoms with van der Waals surface area (Å²) < 4.78 is 2.02. The number of carbonyl (C=O) groups is 1. The highest BCUT2D eigenvalue weighted by atomic mass is 35.5. The van der Waals surface area contributed by atoms with E-state index < -0.39 is 5.38 Å². The molecule has 1 aliphatic carbocycles. The average Bonchev–Trinajstić information content (AvgIpc) is 3.12. The molecule has 3 nitrogen and oxygen atoms in total. The van der Waals surface area contributed by atoms with Crippen molar-refractivity contribution in [3.63, 3.8) is 0 Å². The third-order valence-electron chi connectivity index (χ3n) is 5.85. The lowest BCUT2D eigenvalue weighted by Gasteiger charge is -2.38. The maximum Gasteiger partial charge on any atom is 0.268 e. The number of rotatable bonds is 0. The zero-order valence-corrected chi connectivity index (χ0v) is 17.7. The minimum Gasteiger partial charge on any atom is -0.314 e. The van der Waals surface area contributed by atoms with Gasteiger partial charge < -0.3 is 4.90 Å². The number of allylic oxidation sites excluding steroid dienone is 1. The second-order valence-corrected chi connectivity index (χ2v) is 9.97. The normalized spacial score (nSPS) is 20.4. The van der Waals surface area contributed by atoms with Crippen LogP contribution in [0.3, 0.4) is 0 Å². The number of thiophene rings is 1. The van der Waals surface area contributed by atoms with Crippen LogP contribution in [0.5, 0.6) is 0 Å². The third-order valence-corrected chi connectivity index (χ3v) is 8.89. The molecule has 0 radical (unpaired) electrons. The lowest BCUT2D eigenvalue weighted by molar-refractivity contribution is 0.0820. The van der Waals surface area contributed by atoms with Crippen molar-refractivity contribution in [1.82, 2.24) is 4.90 Å². The van der Waals surface area contributed by atoms with Gasteiger partial charge in [0.25, 0.3) is 5.91 Å². The Balaban J connectivity index is 1.70. The van der Waals surface area contributed by atoms with E-state index in [9.17, 15) is 9.59 Å². The first kappa shape index (κ1) is 17.4. The molecule has 4 aromatic rings. The fourth-order valence-electron chi connectivity index (χ4n) is 4.46. The van der Waals surface area contributed by atoms with Crippen molar-refractivity contribution < 1.29 is 4.79 Å². The number of nitrogens with zero attached hydrogens (tertiary/aromatic N) is 1. The number of hydrogen-bond acceptors (Lipinski definition) is 4. The van der Waals surface area contributed by atoms with Crippen LogP contribution >= 0.6 is 34.3 Å². The first-order valence-electron chi connectivity index (χ1n) is 9.27. The maximum atomic E-state index is 13.2. The van der Waals surface area contributed by atoms with Crippen molar-refractivity contribution in [3.8, 4) is 0 Å². The molecule has 142 valence electrons. The number of benzene rings is 2. The molecule has 0 unspecified atom stereocenters. The molecule has 2 aromatic heterocycles. The van der Waals surface area contributed by atoms with Crippen LogP contribution < -0.4 is 5.43 Å². The molecule has 6 rings (SSSR count). The largest absolute Gasteiger partial charge is 0.314 e. The number of carbonyl (C=O) groups excluding carboxylic acids is 1. The summed E-state index contributed by atoms with van der Waals surface area (Å²) in [5.74, 6) is -0.192. The lowest BCUT2D eigenvalue weighted by Crippen LogP contribution is -2.37. The van der Waals surface area contributed by atoms with Gasteiger partial charge in [-0.05, 0) is 35.2 Å². The van der Waals surface area contributed by atoms with E-state index >= 15 is 0 Å². The molecule has 2 aliphatic rings. The van der Waals surface area contributed by atoms with E-state index in [1.807, 2.05) is 48.5 Å². The predicted octanol–water partition coefficient (Wildman–Crippen LogP) is 5.98. The Morgan fingerprint density at radius 3 is 2.34 bits per heavy atom. The molecule has 1 amide bonds. The van der Waals surface area contributed by atoms with Crippen LogP contribution in [0, 0.1) is 0 Å². The Hall–Kier alpha value is -2.47. The molecule has 0 fully saturated rings. The van der Waals surface area contributed by atoms with E-state index in [0.717, 1.165) is 35.8 Å². The molecule has 2 atom stereocenters. The van der Waals surface area contributed by atoms with Crippen LogP contribution in [0.2, 0.25) is 0 Å². The van der Waals surface area contributed by atoms with Crippen molar-refractivity contribution in [2.75, 3.05) is 7.05 Å². The standard InChI is InChI=1S/C23H14ClNO2S2/c1-25-14-10-13-20(26)12-7-3-5-9-16(12)28-21(13)19(24)18(14)17-11-6-2-4-8-15(11)29-22(17)23(25)27/h2-10,18-19H,1H3/t18-,19+/m0/s1. The van der Waals surface area contributed by atoms with E-state index in [1.54, 1.807) is 23.3 Å². The van der Waals surface area contributed by atoms with Crippen molar-refractivity contribution in [3.05, 3.63) is 85.3 Å². The first-order chi connectivity index (χ1) is 14.1. The summed E-state index contributed by atoms with van der Waals surface area (Å²) in [7, 11) is 1.78. The Kier molecular flexibility index (Phi) is 3.61.